The van der Waals surface area contributed by atoms with Crippen molar-refractivity contribution in [2.75, 3.05) is 13.1 Å². The molecule has 0 saturated carbocycles. The largest absolute Gasteiger partial charge is 0.312 e. The summed E-state index contributed by atoms with van der Waals surface area (Å²) < 4.78 is 27.5. The van der Waals surface area contributed by atoms with E-state index >= 15 is 0 Å². The summed E-state index contributed by atoms with van der Waals surface area (Å²) in [5.74, 6) is 0. The summed E-state index contributed by atoms with van der Waals surface area (Å²) >= 11 is 5.84. The predicted octanol–water partition coefficient (Wildman–Crippen LogP) is 2.93. The first-order chi connectivity index (χ1) is 11.0. The van der Waals surface area contributed by atoms with E-state index < -0.39 is 10.0 Å². The van der Waals surface area contributed by atoms with Gasteiger partial charge in [-0.1, -0.05) is 29.8 Å². The smallest absolute Gasteiger partial charge is 0.240 e. The Labute approximate surface area is 154 Å². The van der Waals surface area contributed by atoms with Crippen LogP contribution in [0.3, 0.4) is 0 Å². The Morgan fingerprint density at radius 1 is 1.08 bits per heavy atom. The molecule has 1 aliphatic rings. The van der Waals surface area contributed by atoms with Gasteiger partial charge in [-0.15, -0.1) is 12.4 Å². The molecular formula is C17H20Cl2N2O2S. The number of hydrogen-bond acceptors (Lipinski definition) is 3. The minimum atomic E-state index is -3.48. The molecule has 0 radical (unpaired) electrons. The lowest BCUT2D eigenvalue weighted by atomic mass is 10.0. The minimum absolute atomic E-state index is 0. The van der Waals surface area contributed by atoms with Gasteiger partial charge in [0.25, 0.3) is 0 Å². The monoisotopic (exact) mass is 386 g/mol. The molecule has 0 aliphatic carbocycles. The first-order valence-electron chi connectivity index (χ1n) is 7.61. The highest BCUT2D eigenvalue weighted by molar-refractivity contribution is 7.89. The molecule has 0 bridgehead atoms. The highest BCUT2D eigenvalue weighted by Gasteiger charge is 2.17. The molecule has 2 aromatic rings. The quantitative estimate of drug-likeness (QED) is 0.830. The average molecular weight is 387 g/mol. The third-order valence-corrected chi connectivity index (χ3v) is 5.70. The van der Waals surface area contributed by atoms with Gasteiger partial charge in [0.05, 0.1) is 4.90 Å². The van der Waals surface area contributed by atoms with Crippen molar-refractivity contribution < 1.29 is 8.42 Å². The zero-order valence-corrected chi connectivity index (χ0v) is 15.5. The number of fused-ring (bicyclic) bond motifs is 1. The van der Waals surface area contributed by atoms with Crippen molar-refractivity contribution in [3.63, 3.8) is 0 Å². The first-order valence-corrected chi connectivity index (χ1v) is 9.47. The molecule has 0 amide bonds. The lowest BCUT2D eigenvalue weighted by Crippen LogP contribution is -2.27. The van der Waals surface area contributed by atoms with Crippen molar-refractivity contribution in [2.45, 2.75) is 24.3 Å². The van der Waals surface area contributed by atoms with Crippen LogP contribution in [0.1, 0.15) is 16.7 Å². The fourth-order valence-corrected chi connectivity index (χ4v) is 3.90. The third kappa shape index (κ3) is 4.71. The molecule has 0 unspecified atom stereocenters. The number of halogens is 2. The number of nitrogens with one attached hydrogen (secondary N) is 2. The van der Waals surface area contributed by atoms with Crippen LogP contribution < -0.4 is 10.0 Å². The maximum Gasteiger partial charge on any atom is 0.240 e. The van der Waals surface area contributed by atoms with Crippen LogP contribution in [0.4, 0.5) is 0 Å². The van der Waals surface area contributed by atoms with Gasteiger partial charge >= 0.3 is 0 Å². The van der Waals surface area contributed by atoms with Gasteiger partial charge in [0, 0.05) is 18.1 Å². The summed E-state index contributed by atoms with van der Waals surface area (Å²) in [5.41, 5.74) is 3.34. The Kier molecular flexibility index (Phi) is 6.66. The van der Waals surface area contributed by atoms with Gasteiger partial charge in [0.1, 0.15) is 0 Å². The molecule has 4 nitrogen and oxygen atoms in total. The zero-order chi connectivity index (χ0) is 16.3. The molecule has 1 heterocycles. The Morgan fingerprint density at radius 2 is 1.83 bits per heavy atom. The van der Waals surface area contributed by atoms with E-state index in [2.05, 4.69) is 10.0 Å². The maximum atomic E-state index is 12.4. The van der Waals surface area contributed by atoms with Crippen LogP contribution >= 0.6 is 24.0 Å². The molecule has 2 N–H and O–H groups in total. The van der Waals surface area contributed by atoms with Gasteiger partial charge in [-0.2, -0.15) is 0 Å². The van der Waals surface area contributed by atoms with E-state index in [9.17, 15) is 8.42 Å². The van der Waals surface area contributed by atoms with Gasteiger partial charge in [-0.25, -0.2) is 13.1 Å². The zero-order valence-electron chi connectivity index (χ0n) is 13.1. The Hall–Kier alpha value is -1.11. The van der Waals surface area contributed by atoms with Gasteiger partial charge in [-0.3, -0.25) is 0 Å². The summed E-state index contributed by atoms with van der Waals surface area (Å²) in [6.07, 6.45) is 1.57. The maximum absolute atomic E-state index is 12.4. The standard InChI is InChI=1S/C17H19ClN2O2S.ClH/c18-16-4-1-13(2-5-16)7-10-20-23(21,22)17-6-3-14-8-9-19-12-15(14)11-17;/h1-6,11,19-20H,7-10,12H2;1H. The topological polar surface area (TPSA) is 58.2 Å². The van der Waals surface area contributed by atoms with E-state index in [1.165, 1.54) is 5.56 Å². The molecule has 0 aromatic heterocycles. The molecule has 130 valence electrons. The number of benzene rings is 2. The lowest BCUT2D eigenvalue weighted by Gasteiger charge is -2.18. The molecule has 24 heavy (non-hydrogen) atoms. The third-order valence-electron chi connectivity index (χ3n) is 3.99. The fourth-order valence-electron chi connectivity index (χ4n) is 2.69. The molecular weight excluding hydrogens is 367 g/mol. The van der Waals surface area contributed by atoms with Crippen LogP contribution in [0.2, 0.25) is 5.02 Å². The molecule has 0 spiro atoms. The normalized spacial score (nSPS) is 13.9. The average Bonchev–Trinajstić information content (AvgIpc) is 2.56. The molecule has 1 aliphatic heterocycles. The summed E-state index contributed by atoms with van der Waals surface area (Å²) in [4.78, 5) is 0.330. The van der Waals surface area contributed by atoms with Crippen molar-refractivity contribution in [1.82, 2.24) is 10.0 Å². The Balaban J connectivity index is 0.00000208. The number of rotatable bonds is 5. The first kappa shape index (κ1) is 19.2. The van der Waals surface area contributed by atoms with E-state index in [1.807, 2.05) is 30.3 Å². The lowest BCUT2D eigenvalue weighted by molar-refractivity contribution is 0.580. The molecule has 2 aromatic carbocycles. The van der Waals surface area contributed by atoms with Gasteiger partial charge < -0.3 is 5.32 Å². The fraction of sp³-hybridized carbons (Fsp3) is 0.294. The summed E-state index contributed by atoms with van der Waals surface area (Å²) in [5, 5.41) is 3.94. The molecule has 0 saturated heterocycles. The van der Waals surface area contributed by atoms with E-state index in [4.69, 9.17) is 11.6 Å². The highest BCUT2D eigenvalue weighted by atomic mass is 35.5. The van der Waals surface area contributed by atoms with Crippen molar-refractivity contribution in [3.05, 3.63) is 64.2 Å². The van der Waals surface area contributed by atoms with E-state index in [-0.39, 0.29) is 12.4 Å². The van der Waals surface area contributed by atoms with Crippen LogP contribution in [0.25, 0.3) is 0 Å². The van der Waals surface area contributed by atoms with E-state index in [0.29, 0.717) is 22.9 Å². The van der Waals surface area contributed by atoms with Crippen LogP contribution in [-0.2, 0) is 29.4 Å². The van der Waals surface area contributed by atoms with Crippen LogP contribution in [0, 0.1) is 0 Å². The molecule has 3 rings (SSSR count). The van der Waals surface area contributed by atoms with Crippen LogP contribution in [0.15, 0.2) is 47.4 Å². The predicted molar refractivity (Wildman–Crippen MR) is 99.4 cm³/mol. The summed E-state index contributed by atoms with van der Waals surface area (Å²) in [6, 6.07) is 12.8. The minimum Gasteiger partial charge on any atom is -0.312 e. The number of hydrogen-bond donors (Lipinski definition) is 2. The van der Waals surface area contributed by atoms with Crippen molar-refractivity contribution in [2.24, 2.45) is 0 Å². The van der Waals surface area contributed by atoms with Gasteiger partial charge in [-0.05, 0) is 60.3 Å². The summed E-state index contributed by atoms with van der Waals surface area (Å²) in [6.45, 7) is 2.03. The highest BCUT2D eigenvalue weighted by Crippen LogP contribution is 2.19. The second-order valence-corrected chi connectivity index (χ2v) is 7.83. The van der Waals surface area contributed by atoms with Crippen LogP contribution in [0.5, 0.6) is 0 Å². The SMILES string of the molecule is Cl.O=S(=O)(NCCc1ccc(Cl)cc1)c1ccc2c(c1)CNCC2. The molecule has 0 fully saturated rings. The van der Waals surface area contributed by atoms with Crippen molar-refractivity contribution >= 4 is 34.0 Å². The Morgan fingerprint density at radius 3 is 2.58 bits per heavy atom. The summed E-state index contributed by atoms with van der Waals surface area (Å²) in [7, 11) is -3.48. The van der Waals surface area contributed by atoms with Crippen molar-refractivity contribution in [1.29, 1.82) is 0 Å². The van der Waals surface area contributed by atoms with Crippen molar-refractivity contribution in [3.8, 4) is 0 Å². The van der Waals surface area contributed by atoms with Gasteiger partial charge in [0.2, 0.25) is 10.0 Å². The van der Waals surface area contributed by atoms with E-state index in [1.54, 1.807) is 12.1 Å². The Bertz CT molecular complexity index is 793. The van der Waals surface area contributed by atoms with Gasteiger partial charge in [0.15, 0.2) is 0 Å². The second-order valence-electron chi connectivity index (χ2n) is 5.63. The molecule has 7 heteroatoms. The number of sulfonamides is 1. The molecule has 0 atom stereocenters. The second kappa shape index (κ2) is 8.32. The van der Waals surface area contributed by atoms with Crippen LogP contribution in [-0.4, -0.2) is 21.5 Å². The van der Waals surface area contributed by atoms with E-state index in [0.717, 1.165) is 30.6 Å².